The van der Waals surface area contributed by atoms with Crippen molar-refractivity contribution >= 4 is 34.9 Å². The maximum atomic E-state index is 14.1. The molecule has 3 unspecified atom stereocenters. The van der Waals surface area contributed by atoms with Crippen LogP contribution in [0.1, 0.15) is 46.6 Å². The molecule has 3 N–H and O–H groups in total. The number of amides is 3. The fourth-order valence-electron chi connectivity index (χ4n) is 8.24. The molecule has 7 heterocycles. The molecule has 0 bridgehead atoms. The molecular formula is C38H39FN10O5. The molecule has 0 saturated carbocycles. The first-order chi connectivity index (χ1) is 26.2. The highest BCUT2D eigenvalue weighted by Crippen LogP contribution is 2.39. The summed E-state index contributed by atoms with van der Waals surface area (Å²) in [6.07, 6.45) is 2.98. The zero-order valence-electron chi connectivity index (χ0n) is 29.7. The number of aromatic hydroxyl groups is 1. The molecule has 3 fully saturated rings. The van der Waals surface area contributed by atoms with Crippen molar-refractivity contribution in [1.82, 2.24) is 35.3 Å². The van der Waals surface area contributed by atoms with Crippen molar-refractivity contribution < 1.29 is 28.6 Å². The van der Waals surface area contributed by atoms with Crippen LogP contribution in [-0.4, -0.2) is 110 Å². The third kappa shape index (κ3) is 6.19. The molecule has 0 spiro atoms. The van der Waals surface area contributed by atoms with E-state index in [0.29, 0.717) is 55.6 Å². The molecule has 5 aliphatic rings. The summed E-state index contributed by atoms with van der Waals surface area (Å²) in [4.78, 5) is 55.3. The Morgan fingerprint density at radius 2 is 1.87 bits per heavy atom. The largest absolute Gasteiger partial charge is 0.504 e. The van der Waals surface area contributed by atoms with Gasteiger partial charge in [0.15, 0.2) is 17.4 Å². The topological polar surface area (TPSA) is 169 Å². The molecule has 5 aliphatic heterocycles. The van der Waals surface area contributed by atoms with Crippen LogP contribution in [-0.2, 0) is 22.7 Å². The van der Waals surface area contributed by atoms with E-state index in [4.69, 9.17) is 9.72 Å². The number of aryl methyl sites for hydroxylation is 1. The number of hydrogen-bond acceptors (Lipinski definition) is 13. The summed E-state index contributed by atoms with van der Waals surface area (Å²) in [5.74, 6) is -0.894. The number of ether oxygens (including phenoxy) is 1. The van der Waals surface area contributed by atoms with Gasteiger partial charge < -0.3 is 29.9 Å². The number of rotatable bonds is 7. The van der Waals surface area contributed by atoms with Gasteiger partial charge in [0.2, 0.25) is 17.7 Å². The van der Waals surface area contributed by atoms with Gasteiger partial charge >= 0.3 is 0 Å². The van der Waals surface area contributed by atoms with Crippen molar-refractivity contribution in [3.63, 3.8) is 0 Å². The average molecular weight is 735 g/mol. The van der Waals surface area contributed by atoms with Crippen LogP contribution < -0.4 is 25.2 Å². The summed E-state index contributed by atoms with van der Waals surface area (Å²) in [6.45, 7) is 7.39. The number of imide groups is 1. The number of nitrogens with one attached hydrogen (secondary N) is 2. The van der Waals surface area contributed by atoms with E-state index < -0.39 is 23.5 Å². The Morgan fingerprint density at radius 3 is 2.69 bits per heavy atom. The van der Waals surface area contributed by atoms with Crippen LogP contribution in [0.2, 0.25) is 0 Å². The number of phenolic OH excluding ortho intramolecular Hbond substituents is 1. The molecule has 0 aliphatic carbocycles. The number of aromatic nitrogens is 4. The first-order valence-electron chi connectivity index (χ1n) is 18.3. The van der Waals surface area contributed by atoms with E-state index in [2.05, 4.69) is 40.5 Å². The number of halogens is 1. The second-order valence-corrected chi connectivity index (χ2v) is 14.5. The number of anilines is 3. The lowest BCUT2D eigenvalue weighted by molar-refractivity contribution is -0.136. The number of para-hydroxylation sites is 1. The van der Waals surface area contributed by atoms with Gasteiger partial charge in [0.1, 0.15) is 12.1 Å². The van der Waals surface area contributed by atoms with Crippen molar-refractivity contribution in [2.45, 2.75) is 57.5 Å². The van der Waals surface area contributed by atoms with Gasteiger partial charge in [-0.25, -0.2) is 14.4 Å². The molecular weight excluding hydrogens is 695 g/mol. The number of fused-ring (bicyclic) bond motifs is 4. The molecule has 2 aromatic carbocycles. The minimum atomic E-state index is -0.711. The normalized spacial score (nSPS) is 22.4. The average Bonchev–Trinajstić information content (AvgIpc) is 3.74. The minimum absolute atomic E-state index is 0.135. The van der Waals surface area contributed by atoms with Gasteiger partial charge in [0.05, 0.1) is 41.6 Å². The second-order valence-electron chi connectivity index (χ2n) is 14.5. The van der Waals surface area contributed by atoms with Crippen molar-refractivity contribution in [2.75, 3.05) is 54.4 Å². The molecule has 278 valence electrons. The summed E-state index contributed by atoms with van der Waals surface area (Å²) >= 11 is 0. The molecule has 15 nitrogen and oxygen atoms in total. The van der Waals surface area contributed by atoms with Crippen LogP contribution in [0.5, 0.6) is 11.6 Å². The molecule has 3 saturated heterocycles. The molecule has 0 radical (unpaired) electrons. The summed E-state index contributed by atoms with van der Waals surface area (Å²) in [6, 6.07) is 11.6. The highest BCUT2D eigenvalue weighted by atomic mass is 19.1. The van der Waals surface area contributed by atoms with Gasteiger partial charge in [-0.3, -0.25) is 24.6 Å². The van der Waals surface area contributed by atoms with Crippen LogP contribution in [0.4, 0.5) is 21.6 Å². The van der Waals surface area contributed by atoms with Crippen LogP contribution >= 0.6 is 0 Å². The van der Waals surface area contributed by atoms with Crippen LogP contribution in [0.25, 0.3) is 11.3 Å². The molecule has 4 aromatic rings. The van der Waals surface area contributed by atoms with Crippen LogP contribution in [0.15, 0.2) is 48.7 Å². The Bertz CT molecular complexity index is 2180. The number of piperidine rings is 1. The van der Waals surface area contributed by atoms with E-state index in [0.717, 1.165) is 60.9 Å². The van der Waals surface area contributed by atoms with Crippen molar-refractivity contribution in [1.29, 1.82) is 0 Å². The van der Waals surface area contributed by atoms with Gasteiger partial charge in [0, 0.05) is 75.5 Å². The Hall–Kier alpha value is -5.90. The summed E-state index contributed by atoms with van der Waals surface area (Å²) in [5.41, 5.74) is 5.57. The smallest absolute Gasteiger partial charge is 0.255 e. The number of carbonyl (C=O) groups is 3. The summed E-state index contributed by atoms with van der Waals surface area (Å²) in [7, 11) is 0. The standard InChI is InChI=1S/C38H39FN10O5/c1-21-37(54-26-13-25-17-40-35-32(48(25)20-26)15-30(44-45-35)27-3-2-4-29(39)34(27)51)41-16-23(42-21)19-46-9-11-47(12-10-46)24-6-5-22-18-49(38(53)28(22)14-24)31-7-8-33(50)43-36(31)52/h2-6,14-16,25-26,31,51H,7-13,17-20H2,1H3,(H,40,45)(H,43,50,52). The monoisotopic (exact) mass is 734 g/mol. The number of piperazine rings is 1. The maximum Gasteiger partial charge on any atom is 0.255 e. The molecule has 9 rings (SSSR count). The van der Waals surface area contributed by atoms with E-state index >= 15 is 0 Å². The predicted molar refractivity (Wildman–Crippen MR) is 194 cm³/mol. The molecule has 2 aromatic heterocycles. The highest BCUT2D eigenvalue weighted by Gasteiger charge is 2.40. The van der Waals surface area contributed by atoms with E-state index in [1.807, 2.05) is 31.2 Å². The Balaban J connectivity index is 0.797. The third-order valence-corrected chi connectivity index (χ3v) is 11.1. The van der Waals surface area contributed by atoms with Crippen molar-refractivity contribution in [3.8, 4) is 22.9 Å². The zero-order chi connectivity index (χ0) is 37.1. The third-order valence-electron chi connectivity index (χ3n) is 11.1. The van der Waals surface area contributed by atoms with Crippen molar-refractivity contribution in [2.24, 2.45) is 0 Å². The van der Waals surface area contributed by atoms with Crippen molar-refractivity contribution in [3.05, 3.63) is 77.0 Å². The minimum Gasteiger partial charge on any atom is -0.504 e. The maximum absolute atomic E-state index is 14.1. The second kappa shape index (κ2) is 13.5. The zero-order valence-corrected chi connectivity index (χ0v) is 29.7. The van der Waals surface area contributed by atoms with Gasteiger partial charge in [0.25, 0.3) is 5.91 Å². The number of phenols is 1. The first kappa shape index (κ1) is 33.9. The Labute approximate surface area is 310 Å². The number of hydrogen-bond donors (Lipinski definition) is 3. The van der Waals surface area contributed by atoms with Gasteiger partial charge in [-0.1, -0.05) is 12.1 Å². The fraction of sp³-hybridized carbons (Fsp3) is 0.395. The lowest BCUT2D eigenvalue weighted by atomic mass is 10.0. The quantitative estimate of drug-likeness (QED) is 0.237. The van der Waals surface area contributed by atoms with Crippen LogP contribution in [0.3, 0.4) is 0 Å². The predicted octanol–water partition coefficient (Wildman–Crippen LogP) is 2.62. The van der Waals surface area contributed by atoms with E-state index in [-0.39, 0.29) is 35.9 Å². The Kier molecular flexibility index (Phi) is 8.48. The van der Waals surface area contributed by atoms with E-state index in [1.54, 1.807) is 17.2 Å². The van der Waals surface area contributed by atoms with Gasteiger partial charge in [-0.2, -0.15) is 0 Å². The number of nitrogens with zero attached hydrogens (tertiary/aromatic N) is 8. The molecule has 3 amide bonds. The van der Waals surface area contributed by atoms with E-state index in [1.165, 1.54) is 12.1 Å². The van der Waals surface area contributed by atoms with Crippen LogP contribution in [0, 0.1) is 12.7 Å². The summed E-state index contributed by atoms with van der Waals surface area (Å²) < 4.78 is 20.5. The van der Waals surface area contributed by atoms with E-state index in [9.17, 15) is 23.9 Å². The summed E-state index contributed by atoms with van der Waals surface area (Å²) in [5, 5.41) is 24.5. The molecule has 3 atom stereocenters. The lowest BCUT2D eigenvalue weighted by Crippen LogP contribution is -2.52. The fourth-order valence-corrected chi connectivity index (χ4v) is 8.24. The number of benzene rings is 2. The first-order valence-corrected chi connectivity index (χ1v) is 18.3. The number of carbonyl (C=O) groups excluding carboxylic acids is 3. The van der Waals surface area contributed by atoms with Gasteiger partial charge in [-0.05, 0) is 49.2 Å². The lowest BCUT2D eigenvalue weighted by Gasteiger charge is -2.36. The Morgan fingerprint density at radius 1 is 1.02 bits per heavy atom. The molecule has 16 heteroatoms. The van der Waals surface area contributed by atoms with Gasteiger partial charge in [-0.15, -0.1) is 10.2 Å². The SMILES string of the molecule is Cc1nc(CN2CCN(c3ccc4c(c3)C(=O)N(C3CCC(=O)NC3=O)C4)CC2)cnc1OC1CC2CNc3nnc(-c4cccc(F)c4O)cc3N2C1. The highest BCUT2D eigenvalue weighted by molar-refractivity contribution is 6.05. The molecule has 54 heavy (non-hydrogen) atoms.